The summed E-state index contributed by atoms with van der Waals surface area (Å²) in [4.78, 5) is 11.4. The Balaban J connectivity index is 2.23. The number of aliphatic carboxylic acids is 1. The van der Waals surface area contributed by atoms with Crippen LogP contribution < -0.4 is 5.32 Å². The van der Waals surface area contributed by atoms with Gasteiger partial charge in [0.1, 0.15) is 0 Å². The van der Waals surface area contributed by atoms with E-state index in [0.717, 1.165) is 11.3 Å². The van der Waals surface area contributed by atoms with Crippen molar-refractivity contribution < 1.29 is 9.90 Å². The third kappa shape index (κ3) is 3.48. The molecule has 4 heteroatoms. The van der Waals surface area contributed by atoms with Gasteiger partial charge in [-0.1, -0.05) is 41.4 Å². The fraction of sp³-hybridized carbons (Fsp3) is 0.133. The molecular weight excluding hydrogens is 262 g/mol. The Hall–Kier alpha value is -2.00. The minimum Gasteiger partial charge on any atom is -0.479 e. The maximum Gasteiger partial charge on any atom is 0.330 e. The van der Waals surface area contributed by atoms with E-state index in [-0.39, 0.29) is 0 Å². The molecule has 2 rings (SSSR count). The first-order valence-electron chi connectivity index (χ1n) is 5.88. The predicted octanol–water partition coefficient (Wildman–Crippen LogP) is 3.89. The molecule has 3 nitrogen and oxygen atoms in total. The number of carbonyl (C=O) groups is 1. The highest BCUT2D eigenvalue weighted by molar-refractivity contribution is 6.30. The molecule has 0 fully saturated rings. The van der Waals surface area contributed by atoms with Crippen molar-refractivity contribution in [3.8, 4) is 0 Å². The molecule has 0 aliphatic rings. The van der Waals surface area contributed by atoms with Crippen LogP contribution in [0.3, 0.4) is 0 Å². The Labute approximate surface area is 116 Å². The molecule has 2 aromatic carbocycles. The van der Waals surface area contributed by atoms with Crippen LogP contribution in [0.2, 0.25) is 5.02 Å². The minimum absolute atomic E-state index is 0.618. The van der Waals surface area contributed by atoms with Crippen LogP contribution in [0.15, 0.2) is 48.5 Å². The molecule has 1 atom stereocenters. The second-order valence-corrected chi connectivity index (χ2v) is 4.77. The number of benzene rings is 2. The molecule has 0 amide bonds. The van der Waals surface area contributed by atoms with E-state index >= 15 is 0 Å². The monoisotopic (exact) mass is 275 g/mol. The van der Waals surface area contributed by atoms with Crippen molar-refractivity contribution >= 4 is 23.3 Å². The Morgan fingerprint density at radius 1 is 1.11 bits per heavy atom. The van der Waals surface area contributed by atoms with E-state index < -0.39 is 12.0 Å². The standard InChI is InChI=1S/C15H14ClNO2/c1-10-2-4-11(5-3-10)14(15(18)19)17-13-8-6-12(16)7-9-13/h2-9,14,17H,1H3,(H,18,19)/t14-/m1/s1. The van der Waals surface area contributed by atoms with Crippen molar-refractivity contribution in [2.24, 2.45) is 0 Å². The lowest BCUT2D eigenvalue weighted by Crippen LogP contribution is -2.20. The quantitative estimate of drug-likeness (QED) is 0.890. The number of halogens is 1. The van der Waals surface area contributed by atoms with E-state index in [1.807, 2.05) is 31.2 Å². The zero-order valence-corrected chi connectivity index (χ0v) is 11.2. The number of nitrogens with one attached hydrogen (secondary N) is 1. The van der Waals surface area contributed by atoms with E-state index in [0.29, 0.717) is 10.6 Å². The summed E-state index contributed by atoms with van der Waals surface area (Å²) >= 11 is 5.80. The number of anilines is 1. The van der Waals surface area contributed by atoms with Gasteiger partial charge in [0.15, 0.2) is 6.04 Å². The molecule has 0 spiro atoms. The number of hydrogen-bond acceptors (Lipinski definition) is 2. The van der Waals surface area contributed by atoms with E-state index in [4.69, 9.17) is 11.6 Å². The van der Waals surface area contributed by atoms with Crippen molar-refractivity contribution in [2.75, 3.05) is 5.32 Å². The van der Waals surface area contributed by atoms with Gasteiger partial charge in [-0.3, -0.25) is 0 Å². The predicted molar refractivity (Wildman–Crippen MR) is 76.6 cm³/mol. The van der Waals surface area contributed by atoms with Gasteiger partial charge >= 0.3 is 5.97 Å². The minimum atomic E-state index is -0.918. The molecule has 0 aliphatic carbocycles. The maximum absolute atomic E-state index is 11.4. The lowest BCUT2D eigenvalue weighted by molar-refractivity contribution is -0.138. The molecule has 2 aromatic rings. The summed E-state index contributed by atoms with van der Waals surface area (Å²) in [5.41, 5.74) is 2.53. The van der Waals surface area contributed by atoms with Crippen LogP contribution in [0.5, 0.6) is 0 Å². The smallest absolute Gasteiger partial charge is 0.330 e. The van der Waals surface area contributed by atoms with E-state index in [1.165, 1.54) is 0 Å². The van der Waals surface area contributed by atoms with Crippen LogP contribution in [-0.2, 0) is 4.79 Å². The topological polar surface area (TPSA) is 49.3 Å². The summed E-state index contributed by atoms with van der Waals surface area (Å²) in [6.45, 7) is 1.96. The number of rotatable bonds is 4. The highest BCUT2D eigenvalue weighted by atomic mass is 35.5. The number of carboxylic acids is 1. The highest BCUT2D eigenvalue weighted by Gasteiger charge is 2.19. The molecule has 0 heterocycles. The molecule has 98 valence electrons. The summed E-state index contributed by atoms with van der Waals surface area (Å²) in [6, 6.07) is 13.6. The Morgan fingerprint density at radius 2 is 1.68 bits per heavy atom. The summed E-state index contributed by atoms with van der Waals surface area (Å²) in [5, 5.41) is 12.9. The van der Waals surface area contributed by atoms with Gasteiger partial charge in [-0.2, -0.15) is 0 Å². The lowest BCUT2D eigenvalue weighted by Gasteiger charge is -2.16. The molecule has 0 saturated carbocycles. The molecule has 19 heavy (non-hydrogen) atoms. The lowest BCUT2D eigenvalue weighted by atomic mass is 10.0. The SMILES string of the molecule is Cc1ccc([C@@H](Nc2ccc(Cl)cc2)C(=O)O)cc1. The second-order valence-electron chi connectivity index (χ2n) is 4.33. The normalized spacial score (nSPS) is 11.9. The fourth-order valence-corrected chi connectivity index (χ4v) is 1.89. The Kier molecular flexibility index (Phi) is 4.07. The third-order valence-electron chi connectivity index (χ3n) is 2.81. The Morgan fingerprint density at radius 3 is 2.21 bits per heavy atom. The van der Waals surface area contributed by atoms with Gasteiger partial charge in [0.25, 0.3) is 0 Å². The van der Waals surface area contributed by atoms with Gasteiger partial charge in [-0.25, -0.2) is 4.79 Å². The molecular formula is C15H14ClNO2. The fourth-order valence-electron chi connectivity index (χ4n) is 1.76. The number of aryl methyl sites for hydroxylation is 1. The molecule has 0 radical (unpaired) electrons. The zero-order chi connectivity index (χ0) is 13.8. The van der Waals surface area contributed by atoms with Gasteiger partial charge < -0.3 is 10.4 Å². The largest absolute Gasteiger partial charge is 0.479 e. The first kappa shape index (κ1) is 13.4. The van der Waals surface area contributed by atoms with Crippen molar-refractivity contribution in [2.45, 2.75) is 13.0 Å². The summed E-state index contributed by atoms with van der Waals surface area (Å²) in [7, 11) is 0. The first-order valence-corrected chi connectivity index (χ1v) is 6.25. The van der Waals surface area contributed by atoms with Gasteiger partial charge in [0.05, 0.1) is 0 Å². The molecule has 0 aromatic heterocycles. The van der Waals surface area contributed by atoms with Gasteiger partial charge in [-0.05, 0) is 36.8 Å². The molecule has 0 unspecified atom stereocenters. The van der Waals surface area contributed by atoms with E-state index in [1.54, 1.807) is 24.3 Å². The number of carboxylic acid groups (broad SMARTS) is 1. The summed E-state index contributed by atoms with van der Waals surface area (Å²) in [6.07, 6.45) is 0. The average molecular weight is 276 g/mol. The van der Waals surface area contributed by atoms with E-state index in [9.17, 15) is 9.90 Å². The van der Waals surface area contributed by atoms with Crippen LogP contribution in [-0.4, -0.2) is 11.1 Å². The van der Waals surface area contributed by atoms with Crippen LogP contribution in [0.1, 0.15) is 17.2 Å². The summed E-state index contributed by atoms with van der Waals surface area (Å²) < 4.78 is 0. The van der Waals surface area contributed by atoms with Crippen LogP contribution in [0.4, 0.5) is 5.69 Å². The van der Waals surface area contributed by atoms with Gasteiger partial charge in [0, 0.05) is 10.7 Å². The van der Waals surface area contributed by atoms with Crippen LogP contribution in [0.25, 0.3) is 0 Å². The summed E-state index contributed by atoms with van der Waals surface area (Å²) in [5.74, 6) is -0.918. The second kappa shape index (κ2) is 5.76. The van der Waals surface area contributed by atoms with E-state index in [2.05, 4.69) is 5.32 Å². The highest BCUT2D eigenvalue weighted by Crippen LogP contribution is 2.21. The maximum atomic E-state index is 11.4. The number of hydrogen-bond donors (Lipinski definition) is 2. The zero-order valence-electron chi connectivity index (χ0n) is 10.4. The van der Waals surface area contributed by atoms with Gasteiger partial charge in [-0.15, -0.1) is 0 Å². The van der Waals surface area contributed by atoms with Crippen molar-refractivity contribution in [3.63, 3.8) is 0 Å². The molecule has 0 saturated heterocycles. The molecule has 2 N–H and O–H groups in total. The van der Waals surface area contributed by atoms with Crippen molar-refractivity contribution in [1.82, 2.24) is 0 Å². The van der Waals surface area contributed by atoms with Crippen LogP contribution >= 0.6 is 11.6 Å². The molecule has 0 bridgehead atoms. The first-order chi connectivity index (χ1) is 9.06. The van der Waals surface area contributed by atoms with Crippen LogP contribution in [0, 0.1) is 6.92 Å². The average Bonchev–Trinajstić information content (AvgIpc) is 2.39. The van der Waals surface area contributed by atoms with Crippen molar-refractivity contribution in [1.29, 1.82) is 0 Å². The third-order valence-corrected chi connectivity index (χ3v) is 3.06. The Bertz CT molecular complexity index is 564. The van der Waals surface area contributed by atoms with Crippen molar-refractivity contribution in [3.05, 3.63) is 64.7 Å². The van der Waals surface area contributed by atoms with Gasteiger partial charge in [0.2, 0.25) is 0 Å². The molecule has 0 aliphatic heterocycles.